The van der Waals surface area contributed by atoms with Crippen molar-refractivity contribution in [2.24, 2.45) is 0 Å². The molecule has 1 fully saturated rings. The van der Waals surface area contributed by atoms with Gasteiger partial charge in [-0.25, -0.2) is 11.6 Å². The highest BCUT2D eigenvalue weighted by Crippen LogP contribution is 2.36. The maximum atomic E-state index is 7.51. The van der Waals surface area contributed by atoms with Gasteiger partial charge in [-0.3, -0.25) is 4.68 Å². The molecule has 0 radical (unpaired) electrons. The van der Waals surface area contributed by atoms with Crippen molar-refractivity contribution in [1.82, 2.24) is 14.8 Å². The van der Waals surface area contributed by atoms with Gasteiger partial charge in [-0.2, -0.15) is 5.10 Å². The van der Waals surface area contributed by atoms with Gasteiger partial charge in [0.1, 0.15) is 18.0 Å². The first-order chi connectivity index (χ1) is 12.8. The van der Waals surface area contributed by atoms with Gasteiger partial charge in [-0.15, -0.1) is 0 Å². The first kappa shape index (κ1) is 16.4. The van der Waals surface area contributed by atoms with Gasteiger partial charge in [0, 0.05) is 12.6 Å². The molecule has 6 heteroatoms. The van der Waals surface area contributed by atoms with Crippen LogP contribution in [0.4, 0.5) is 5.82 Å². The molecule has 0 saturated heterocycles. The number of nitrogens with two attached hydrogens (primary N) is 1. The average Bonchev–Trinajstić information content (AvgIpc) is 3.04. The second-order valence-corrected chi connectivity index (χ2v) is 6.66. The van der Waals surface area contributed by atoms with Crippen LogP contribution in [0, 0.1) is 6.57 Å². The molecule has 1 aliphatic rings. The van der Waals surface area contributed by atoms with Crippen molar-refractivity contribution in [3.8, 4) is 5.88 Å². The van der Waals surface area contributed by atoms with E-state index in [1.54, 1.807) is 6.20 Å². The summed E-state index contributed by atoms with van der Waals surface area (Å²) in [6, 6.07) is 11.9. The van der Waals surface area contributed by atoms with Crippen molar-refractivity contribution < 1.29 is 4.74 Å². The lowest BCUT2D eigenvalue weighted by Crippen LogP contribution is -2.26. The number of ether oxygens (including phenoxy) is 1. The zero-order chi connectivity index (χ0) is 17.9. The van der Waals surface area contributed by atoms with E-state index < -0.39 is 0 Å². The van der Waals surface area contributed by atoms with Crippen LogP contribution in [-0.4, -0.2) is 20.8 Å². The van der Waals surface area contributed by atoms with Crippen LogP contribution in [0.5, 0.6) is 5.88 Å². The summed E-state index contributed by atoms with van der Waals surface area (Å²) in [6.45, 7) is 7.93. The van der Waals surface area contributed by atoms with E-state index in [-0.39, 0.29) is 12.1 Å². The highest BCUT2D eigenvalue weighted by Gasteiger charge is 2.33. The molecule has 2 aromatic heterocycles. The van der Waals surface area contributed by atoms with E-state index in [1.807, 2.05) is 41.1 Å². The van der Waals surface area contributed by atoms with E-state index in [4.69, 9.17) is 17.0 Å². The number of aromatic nitrogens is 3. The Kier molecular flexibility index (Phi) is 4.44. The number of fused-ring (bicyclic) bond motifs is 1. The second-order valence-electron chi connectivity index (χ2n) is 6.66. The number of hydrogen-bond acceptors (Lipinski definition) is 4. The van der Waals surface area contributed by atoms with Crippen LogP contribution in [0.25, 0.3) is 15.7 Å². The molecular weight excluding hydrogens is 326 g/mol. The Balaban J connectivity index is 1.69. The SMILES string of the molecule is [C-]#[N+][C@H]1CCCC[C@@H]1n1nc(N)c2c(OCc3ccccc3)nccc21. The molecule has 3 aromatic rings. The number of nitrogens with zero attached hydrogens (tertiary/aromatic N) is 4. The fourth-order valence-electron chi connectivity index (χ4n) is 3.70. The molecule has 2 heterocycles. The predicted octanol–water partition coefficient (Wildman–Crippen LogP) is 4.00. The van der Waals surface area contributed by atoms with E-state index in [0.29, 0.717) is 18.3 Å². The fourth-order valence-corrected chi connectivity index (χ4v) is 3.70. The van der Waals surface area contributed by atoms with Gasteiger partial charge in [0.25, 0.3) is 0 Å². The van der Waals surface area contributed by atoms with E-state index in [2.05, 4.69) is 14.9 Å². The van der Waals surface area contributed by atoms with Crippen LogP contribution in [0.2, 0.25) is 0 Å². The smallest absolute Gasteiger partial charge is 0.245 e. The third kappa shape index (κ3) is 2.97. The number of hydrogen-bond donors (Lipinski definition) is 1. The summed E-state index contributed by atoms with van der Waals surface area (Å²) in [7, 11) is 0. The molecule has 0 aliphatic heterocycles. The fraction of sp³-hybridized carbons (Fsp3) is 0.350. The summed E-state index contributed by atoms with van der Waals surface area (Å²) >= 11 is 0. The van der Waals surface area contributed by atoms with Gasteiger partial charge in [0.05, 0.1) is 5.52 Å². The van der Waals surface area contributed by atoms with Gasteiger partial charge >= 0.3 is 0 Å². The van der Waals surface area contributed by atoms with Crippen molar-refractivity contribution in [2.45, 2.75) is 44.4 Å². The van der Waals surface area contributed by atoms with Gasteiger partial charge in [0.15, 0.2) is 5.82 Å². The maximum Gasteiger partial charge on any atom is 0.245 e. The van der Waals surface area contributed by atoms with E-state index >= 15 is 0 Å². The van der Waals surface area contributed by atoms with Crippen LogP contribution in [0.3, 0.4) is 0 Å². The molecule has 0 bridgehead atoms. The van der Waals surface area contributed by atoms with E-state index in [0.717, 1.165) is 42.1 Å². The van der Waals surface area contributed by atoms with Crippen LogP contribution >= 0.6 is 0 Å². The highest BCUT2D eigenvalue weighted by molar-refractivity contribution is 5.93. The molecule has 2 N–H and O–H groups in total. The quantitative estimate of drug-likeness (QED) is 0.724. The van der Waals surface area contributed by atoms with Crippen LogP contribution in [-0.2, 0) is 6.61 Å². The number of nitrogen functional groups attached to an aromatic ring is 1. The zero-order valence-corrected chi connectivity index (χ0v) is 14.5. The number of anilines is 1. The minimum atomic E-state index is -0.0481. The number of pyridine rings is 1. The molecule has 1 aliphatic carbocycles. The zero-order valence-electron chi connectivity index (χ0n) is 14.5. The first-order valence-electron chi connectivity index (χ1n) is 8.94. The van der Waals surface area contributed by atoms with Crippen molar-refractivity contribution in [3.63, 3.8) is 0 Å². The van der Waals surface area contributed by atoms with Gasteiger partial charge in [-0.1, -0.05) is 36.8 Å². The average molecular weight is 347 g/mol. The summed E-state index contributed by atoms with van der Waals surface area (Å²) in [6.07, 6.45) is 5.80. The number of benzene rings is 1. The lowest BCUT2D eigenvalue weighted by molar-refractivity contribution is 0.298. The van der Waals surface area contributed by atoms with Crippen molar-refractivity contribution >= 4 is 16.7 Å². The van der Waals surface area contributed by atoms with Crippen LogP contribution in [0.15, 0.2) is 42.6 Å². The Morgan fingerprint density at radius 2 is 2.00 bits per heavy atom. The minimum Gasteiger partial charge on any atom is -0.472 e. The second kappa shape index (κ2) is 7.04. The summed E-state index contributed by atoms with van der Waals surface area (Å²) in [5.41, 5.74) is 8.17. The molecule has 0 amide bonds. The van der Waals surface area contributed by atoms with E-state index in [1.165, 1.54) is 0 Å². The topological polar surface area (TPSA) is 70.3 Å². The third-order valence-corrected chi connectivity index (χ3v) is 5.00. The van der Waals surface area contributed by atoms with Crippen molar-refractivity contribution in [1.29, 1.82) is 0 Å². The molecule has 0 spiro atoms. The molecular formula is C20H21N5O. The normalized spacial score (nSPS) is 20.0. The molecule has 1 aromatic carbocycles. The molecule has 1 saturated carbocycles. The van der Waals surface area contributed by atoms with Crippen LogP contribution in [0.1, 0.15) is 37.3 Å². The molecule has 26 heavy (non-hydrogen) atoms. The largest absolute Gasteiger partial charge is 0.472 e. The minimum absolute atomic E-state index is 0.0481. The number of rotatable bonds is 4. The Morgan fingerprint density at radius 1 is 1.19 bits per heavy atom. The Morgan fingerprint density at radius 3 is 2.81 bits per heavy atom. The molecule has 6 nitrogen and oxygen atoms in total. The van der Waals surface area contributed by atoms with Gasteiger partial charge in [-0.05, 0) is 24.5 Å². The van der Waals surface area contributed by atoms with Crippen LogP contribution < -0.4 is 10.5 Å². The van der Waals surface area contributed by atoms with E-state index in [9.17, 15) is 0 Å². The lowest BCUT2D eigenvalue weighted by Gasteiger charge is -2.24. The van der Waals surface area contributed by atoms with Crippen molar-refractivity contribution in [2.75, 3.05) is 5.73 Å². The molecule has 4 rings (SSSR count). The molecule has 2 atom stereocenters. The monoisotopic (exact) mass is 347 g/mol. The summed E-state index contributed by atoms with van der Waals surface area (Å²) < 4.78 is 7.86. The Bertz CT molecular complexity index is 944. The van der Waals surface area contributed by atoms with Gasteiger partial charge < -0.3 is 15.3 Å². The summed E-state index contributed by atoms with van der Waals surface area (Å²) in [5, 5.41) is 5.29. The summed E-state index contributed by atoms with van der Waals surface area (Å²) in [5.74, 6) is 0.899. The van der Waals surface area contributed by atoms with Gasteiger partial charge in [0.2, 0.25) is 11.9 Å². The maximum absolute atomic E-state index is 7.51. The molecule has 132 valence electrons. The third-order valence-electron chi connectivity index (χ3n) is 5.00. The first-order valence-corrected chi connectivity index (χ1v) is 8.94. The Hall–Kier alpha value is -3.07. The summed E-state index contributed by atoms with van der Waals surface area (Å²) in [4.78, 5) is 8.19. The molecule has 0 unspecified atom stereocenters. The lowest BCUT2D eigenvalue weighted by atomic mass is 9.91. The highest BCUT2D eigenvalue weighted by atomic mass is 16.5. The standard InChI is InChI=1S/C20H21N5O/c1-22-15-9-5-6-10-16(15)25-17-11-12-23-20(18(17)19(21)24-25)26-13-14-7-3-2-4-8-14/h2-4,7-8,11-12,15-16H,5-6,9-10,13H2,(H2,21,24)/t15-,16-/m0/s1. The Labute approximate surface area is 152 Å². The van der Waals surface area contributed by atoms with Crippen molar-refractivity contribution in [3.05, 3.63) is 59.6 Å². The predicted molar refractivity (Wildman–Crippen MR) is 101 cm³/mol.